The van der Waals surface area contributed by atoms with Gasteiger partial charge in [0.15, 0.2) is 0 Å². The fraction of sp³-hybridized carbons (Fsp3) is 0.500. The zero-order chi connectivity index (χ0) is 14.2. The van der Waals surface area contributed by atoms with Crippen molar-refractivity contribution < 1.29 is 4.74 Å². The van der Waals surface area contributed by atoms with E-state index in [2.05, 4.69) is 16.5 Å². The molecule has 2 rings (SSSR count). The molecule has 1 aromatic rings. The number of pyridine rings is 1. The molecule has 1 aliphatic rings. The van der Waals surface area contributed by atoms with Crippen molar-refractivity contribution in [1.29, 1.82) is 5.26 Å². The Morgan fingerprint density at radius 1 is 1.45 bits per heavy atom. The summed E-state index contributed by atoms with van der Waals surface area (Å²) in [6.45, 7) is 7.06. The number of rotatable bonds is 7. The summed E-state index contributed by atoms with van der Waals surface area (Å²) in [4.78, 5) is 6.49. The molecule has 0 aliphatic carbocycles. The lowest BCUT2D eigenvalue weighted by atomic mass is 10.2. The molecule has 1 fully saturated rings. The van der Waals surface area contributed by atoms with Crippen LogP contribution in [0.4, 0.5) is 0 Å². The first-order valence-electron chi connectivity index (χ1n) is 7.18. The Balaban J connectivity index is 1.94. The van der Waals surface area contributed by atoms with Crippen LogP contribution in [0.15, 0.2) is 31.0 Å². The number of nitrogens with zero attached hydrogens (tertiary/aromatic N) is 3. The second kappa shape index (κ2) is 7.66. The first-order valence-corrected chi connectivity index (χ1v) is 7.18. The van der Waals surface area contributed by atoms with E-state index in [1.807, 2.05) is 18.2 Å². The molecule has 20 heavy (non-hydrogen) atoms. The molecule has 4 heteroatoms. The molecule has 1 aliphatic heterocycles. The number of hydrogen-bond acceptors (Lipinski definition) is 4. The van der Waals surface area contributed by atoms with E-state index in [1.165, 1.54) is 25.9 Å². The van der Waals surface area contributed by atoms with Crippen molar-refractivity contribution in [3.63, 3.8) is 0 Å². The molecule has 106 valence electrons. The van der Waals surface area contributed by atoms with Crippen molar-refractivity contribution in [3.05, 3.63) is 36.7 Å². The molecule has 0 unspecified atom stereocenters. The van der Waals surface area contributed by atoms with E-state index in [-0.39, 0.29) is 6.10 Å². The summed E-state index contributed by atoms with van der Waals surface area (Å²) >= 11 is 0. The van der Waals surface area contributed by atoms with Gasteiger partial charge < -0.3 is 4.74 Å². The van der Waals surface area contributed by atoms with Crippen LogP contribution in [0.25, 0.3) is 0 Å². The fourth-order valence-corrected chi connectivity index (χ4v) is 2.45. The molecule has 1 saturated heterocycles. The quantitative estimate of drug-likeness (QED) is 0.715. The van der Waals surface area contributed by atoms with Gasteiger partial charge in [-0.15, -0.1) is 6.58 Å². The SMILES string of the molecule is C=CCC[C@H](CN1CCCC1)Oc1ccc(C#N)nc1. The molecule has 0 amide bonds. The Morgan fingerprint density at radius 2 is 2.25 bits per heavy atom. The highest BCUT2D eigenvalue weighted by molar-refractivity contribution is 5.26. The first-order chi connectivity index (χ1) is 9.81. The summed E-state index contributed by atoms with van der Waals surface area (Å²) in [7, 11) is 0. The highest BCUT2D eigenvalue weighted by Crippen LogP contribution is 2.16. The summed E-state index contributed by atoms with van der Waals surface area (Å²) in [5.41, 5.74) is 0.416. The molecule has 0 spiro atoms. The van der Waals surface area contributed by atoms with Gasteiger partial charge in [0.1, 0.15) is 23.6 Å². The van der Waals surface area contributed by atoms with Crippen LogP contribution in [0.5, 0.6) is 5.75 Å². The molecule has 4 nitrogen and oxygen atoms in total. The third kappa shape index (κ3) is 4.36. The summed E-state index contributed by atoms with van der Waals surface area (Å²) in [5, 5.41) is 8.75. The van der Waals surface area contributed by atoms with Gasteiger partial charge in [-0.1, -0.05) is 6.08 Å². The van der Waals surface area contributed by atoms with E-state index >= 15 is 0 Å². The lowest BCUT2D eigenvalue weighted by molar-refractivity contribution is 0.139. The predicted molar refractivity (Wildman–Crippen MR) is 78.5 cm³/mol. The molecule has 0 radical (unpaired) electrons. The van der Waals surface area contributed by atoms with Crippen molar-refractivity contribution in [2.45, 2.75) is 31.8 Å². The van der Waals surface area contributed by atoms with E-state index in [4.69, 9.17) is 10.00 Å². The van der Waals surface area contributed by atoms with E-state index in [0.29, 0.717) is 5.69 Å². The average Bonchev–Trinajstić information content (AvgIpc) is 2.98. The largest absolute Gasteiger partial charge is 0.487 e. The minimum atomic E-state index is 0.154. The number of nitriles is 1. The molecule has 0 saturated carbocycles. The van der Waals surface area contributed by atoms with Crippen molar-refractivity contribution in [2.75, 3.05) is 19.6 Å². The monoisotopic (exact) mass is 271 g/mol. The zero-order valence-electron chi connectivity index (χ0n) is 11.8. The Labute approximate surface area is 120 Å². The van der Waals surface area contributed by atoms with Gasteiger partial charge in [-0.2, -0.15) is 5.26 Å². The molecule has 2 heterocycles. The number of hydrogen-bond donors (Lipinski definition) is 0. The second-order valence-electron chi connectivity index (χ2n) is 5.10. The summed E-state index contributed by atoms with van der Waals surface area (Å²) in [6, 6.07) is 5.52. The van der Waals surface area contributed by atoms with Crippen LogP contribution in [0, 0.1) is 11.3 Å². The van der Waals surface area contributed by atoms with Crippen LogP contribution >= 0.6 is 0 Å². The average molecular weight is 271 g/mol. The lowest BCUT2D eigenvalue weighted by Crippen LogP contribution is -2.33. The molecular weight excluding hydrogens is 250 g/mol. The maximum Gasteiger partial charge on any atom is 0.140 e. The zero-order valence-corrected chi connectivity index (χ0v) is 11.8. The minimum absolute atomic E-state index is 0.154. The molecule has 1 atom stereocenters. The molecular formula is C16H21N3O. The summed E-state index contributed by atoms with van der Waals surface area (Å²) in [6.07, 6.45) is 8.18. The van der Waals surface area contributed by atoms with Gasteiger partial charge in [0.25, 0.3) is 0 Å². The fourth-order valence-electron chi connectivity index (χ4n) is 2.45. The van der Waals surface area contributed by atoms with Crippen LogP contribution < -0.4 is 4.74 Å². The molecule has 0 bridgehead atoms. The minimum Gasteiger partial charge on any atom is -0.487 e. The Hall–Kier alpha value is -1.86. The van der Waals surface area contributed by atoms with Gasteiger partial charge >= 0.3 is 0 Å². The van der Waals surface area contributed by atoms with Gasteiger partial charge in [0.05, 0.1) is 6.20 Å². The van der Waals surface area contributed by atoms with Gasteiger partial charge in [-0.3, -0.25) is 4.90 Å². The smallest absolute Gasteiger partial charge is 0.140 e. The van der Waals surface area contributed by atoms with Crippen molar-refractivity contribution in [2.24, 2.45) is 0 Å². The van der Waals surface area contributed by atoms with Crippen LogP contribution in [0.2, 0.25) is 0 Å². The summed E-state index contributed by atoms with van der Waals surface area (Å²) in [5.74, 6) is 0.734. The van der Waals surface area contributed by atoms with Gasteiger partial charge in [-0.05, 0) is 50.9 Å². The number of allylic oxidation sites excluding steroid dienone is 1. The Morgan fingerprint density at radius 3 is 2.85 bits per heavy atom. The normalized spacial score (nSPS) is 16.6. The Kier molecular flexibility index (Phi) is 5.57. The van der Waals surface area contributed by atoms with E-state index in [9.17, 15) is 0 Å². The van der Waals surface area contributed by atoms with Gasteiger partial charge in [-0.25, -0.2) is 4.98 Å². The summed E-state index contributed by atoms with van der Waals surface area (Å²) < 4.78 is 6.02. The van der Waals surface area contributed by atoms with E-state index in [0.717, 1.165) is 25.1 Å². The standard InChI is InChI=1S/C16H21N3O/c1-2-3-6-16(13-19-9-4-5-10-19)20-15-8-7-14(11-17)18-12-15/h2,7-8,12,16H,1,3-6,9-10,13H2/t16-/m1/s1. The van der Waals surface area contributed by atoms with Crippen LogP contribution in [-0.2, 0) is 0 Å². The number of aromatic nitrogens is 1. The topological polar surface area (TPSA) is 49.1 Å². The second-order valence-corrected chi connectivity index (χ2v) is 5.10. The van der Waals surface area contributed by atoms with Crippen LogP contribution in [0.1, 0.15) is 31.4 Å². The van der Waals surface area contributed by atoms with Crippen molar-refractivity contribution in [3.8, 4) is 11.8 Å². The van der Waals surface area contributed by atoms with Crippen LogP contribution in [-0.4, -0.2) is 35.6 Å². The van der Waals surface area contributed by atoms with E-state index in [1.54, 1.807) is 12.3 Å². The van der Waals surface area contributed by atoms with E-state index < -0.39 is 0 Å². The maximum atomic E-state index is 8.75. The number of ether oxygens (including phenoxy) is 1. The van der Waals surface area contributed by atoms with Gasteiger partial charge in [0, 0.05) is 6.54 Å². The molecule has 1 aromatic heterocycles. The molecule has 0 N–H and O–H groups in total. The molecule has 0 aromatic carbocycles. The van der Waals surface area contributed by atoms with Crippen molar-refractivity contribution >= 4 is 0 Å². The first kappa shape index (κ1) is 14.5. The Bertz CT molecular complexity index is 458. The van der Waals surface area contributed by atoms with Crippen LogP contribution in [0.3, 0.4) is 0 Å². The third-order valence-electron chi connectivity index (χ3n) is 3.51. The lowest BCUT2D eigenvalue weighted by Gasteiger charge is -2.24. The highest BCUT2D eigenvalue weighted by atomic mass is 16.5. The maximum absolute atomic E-state index is 8.75. The highest BCUT2D eigenvalue weighted by Gasteiger charge is 2.18. The predicted octanol–water partition coefficient (Wildman–Crippen LogP) is 2.76. The third-order valence-corrected chi connectivity index (χ3v) is 3.51. The van der Waals surface area contributed by atoms with Gasteiger partial charge in [0.2, 0.25) is 0 Å². The number of likely N-dealkylation sites (tertiary alicyclic amines) is 1. The van der Waals surface area contributed by atoms with Crippen molar-refractivity contribution in [1.82, 2.24) is 9.88 Å².